The molecule has 0 fully saturated rings. The Morgan fingerprint density at radius 3 is 2.62 bits per heavy atom. The SMILES string of the molecule is CCOc1cc(C(=O)C(C)Br)ccc1CC. The van der Waals surface area contributed by atoms with Crippen molar-refractivity contribution in [3.8, 4) is 5.75 Å². The van der Waals surface area contributed by atoms with E-state index in [9.17, 15) is 4.79 Å². The Morgan fingerprint density at radius 2 is 2.12 bits per heavy atom. The zero-order valence-electron chi connectivity index (χ0n) is 9.92. The van der Waals surface area contributed by atoms with Gasteiger partial charge in [-0.3, -0.25) is 4.79 Å². The summed E-state index contributed by atoms with van der Waals surface area (Å²) in [6, 6.07) is 5.66. The van der Waals surface area contributed by atoms with Crippen molar-refractivity contribution in [1.29, 1.82) is 0 Å². The zero-order valence-corrected chi connectivity index (χ0v) is 11.5. The monoisotopic (exact) mass is 284 g/mol. The first kappa shape index (κ1) is 13.2. The summed E-state index contributed by atoms with van der Waals surface area (Å²) in [6.07, 6.45) is 0.910. The molecule has 0 aromatic heterocycles. The average Bonchev–Trinajstić information content (AvgIpc) is 2.28. The third kappa shape index (κ3) is 3.08. The van der Waals surface area contributed by atoms with Crippen LogP contribution in [-0.2, 0) is 6.42 Å². The fourth-order valence-electron chi connectivity index (χ4n) is 1.52. The van der Waals surface area contributed by atoms with Gasteiger partial charge in [0.25, 0.3) is 0 Å². The van der Waals surface area contributed by atoms with E-state index in [0.717, 1.165) is 17.7 Å². The molecule has 0 aliphatic heterocycles. The molecule has 0 saturated carbocycles. The van der Waals surface area contributed by atoms with Crippen LogP contribution in [0.5, 0.6) is 5.75 Å². The van der Waals surface area contributed by atoms with Gasteiger partial charge < -0.3 is 4.74 Å². The predicted octanol–water partition coefficient (Wildman–Crippen LogP) is 3.61. The Labute approximate surface area is 105 Å². The lowest BCUT2D eigenvalue weighted by molar-refractivity contribution is 0.0995. The van der Waals surface area contributed by atoms with Crippen LogP contribution in [0.2, 0.25) is 0 Å². The summed E-state index contributed by atoms with van der Waals surface area (Å²) in [5.74, 6) is 0.910. The summed E-state index contributed by atoms with van der Waals surface area (Å²) in [6.45, 7) is 6.47. The lowest BCUT2D eigenvalue weighted by atomic mass is 10.0. The maximum absolute atomic E-state index is 11.8. The van der Waals surface area contributed by atoms with Crippen molar-refractivity contribution in [2.45, 2.75) is 32.0 Å². The fourth-order valence-corrected chi connectivity index (χ4v) is 1.78. The van der Waals surface area contributed by atoms with Gasteiger partial charge in [-0.15, -0.1) is 0 Å². The number of benzene rings is 1. The van der Waals surface area contributed by atoms with Gasteiger partial charge in [-0.25, -0.2) is 0 Å². The first-order chi connectivity index (χ1) is 7.60. The molecular formula is C13H17BrO2. The molecule has 3 heteroatoms. The van der Waals surface area contributed by atoms with E-state index in [1.165, 1.54) is 0 Å². The highest BCUT2D eigenvalue weighted by Crippen LogP contribution is 2.22. The van der Waals surface area contributed by atoms with Crippen LogP contribution in [0, 0.1) is 0 Å². The molecule has 1 unspecified atom stereocenters. The molecule has 0 N–H and O–H groups in total. The number of hydrogen-bond acceptors (Lipinski definition) is 2. The van der Waals surface area contributed by atoms with Crippen LogP contribution in [0.1, 0.15) is 36.7 Å². The highest BCUT2D eigenvalue weighted by atomic mass is 79.9. The largest absolute Gasteiger partial charge is 0.494 e. The molecule has 1 aromatic carbocycles. The second-order valence-corrected chi connectivity index (χ2v) is 4.96. The first-order valence-corrected chi connectivity index (χ1v) is 6.45. The Kier molecular flexibility index (Phi) is 5.00. The van der Waals surface area contributed by atoms with Crippen LogP contribution in [0.3, 0.4) is 0 Å². The number of carbonyl (C=O) groups excluding carboxylic acids is 1. The second kappa shape index (κ2) is 6.04. The molecule has 0 spiro atoms. The maximum Gasteiger partial charge on any atom is 0.176 e. The average molecular weight is 285 g/mol. The number of ether oxygens (including phenoxy) is 1. The van der Waals surface area contributed by atoms with Crippen LogP contribution in [0.15, 0.2) is 18.2 Å². The number of Topliss-reactive ketones (excluding diaryl/α,β-unsaturated/α-hetero) is 1. The molecule has 0 heterocycles. The number of halogens is 1. The van der Waals surface area contributed by atoms with Gasteiger partial charge >= 0.3 is 0 Å². The van der Waals surface area contributed by atoms with Gasteiger partial charge in [0, 0.05) is 5.56 Å². The highest BCUT2D eigenvalue weighted by Gasteiger charge is 2.13. The third-order valence-corrected chi connectivity index (χ3v) is 2.81. The van der Waals surface area contributed by atoms with E-state index in [1.807, 2.05) is 32.0 Å². The van der Waals surface area contributed by atoms with Crippen molar-refractivity contribution in [2.24, 2.45) is 0 Å². The van der Waals surface area contributed by atoms with Crippen molar-refractivity contribution in [2.75, 3.05) is 6.61 Å². The highest BCUT2D eigenvalue weighted by molar-refractivity contribution is 9.10. The van der Waals surface area contributed by atoms with Gasteiger partial charge in [0.15, 0.2) is 5.78 Å². The van der Waals surface area contributed by atoms with Gasteiger partial charge in [0.2, 0.25) is 0 Å². The number of rotatable bonds is 5. The molecule has 1 aromatic rings. The van der Waals surface area contributed by atoms with Crippen LogP contribution in [0.4, 0.5) is 0 Å². The number of alkyl halides is 1. The van der Waals surface area contributed by atoms with E-state index in [2.05, 4.69) is 22.9 Å². The summed E-state index contributed by atoms with van der Waals surface area (Å²) in [7, 11) is 0. The van der Waals surface area contributed by atoms with E-state index in [0.29, 0.717) is 12.2 Å². The van der Waals surface area contributed by atoms with Gasteiger partial charge in [0.1, 0.15) is 5.75 Å². The Morgan fingerprint density at radius 1 is 1.44 bits per heavy atom. The lowest BCUT2D eigenvalue weighted by Crippen LogP contribution is -2.10. The van der Waals surface area contributed by atoms with E-state index < -0.39 is 0 Å². The third-order valence-electron chi connectivity index (χ3n) is 2.39. The molecule has 88 valence electrons. The molecular weight excluding hydrogens is 268 g/mol. The van der Waals surface area contributed by atoms with Crippen LogP contribution >= 0.6 is 15.9 Å². The smallest absolute Gasteiger partial charge is 0.176 e. The molecule has 0 bridgehead atoms. The van der Waals surface area contributed by atoms with Gasteiger partial charge in [0.05, 0.1) is 11.4 Å². The van der Waals surface area contributed by atoms with Crippen LogP contribution in [-0.4, -0.2) is 17.2 Å². The summed E-state index contributed by atoms with van der Waals surface area (Å²) >= 11 is 3.29. The van der Waals surface area contributed by atoms with Crippen molar-refractivity contribution < 1.29 is 9.53 Å². The van der Waals surface area contributed by atoms with Crippen LogP contribution < -0.4 is 4.74 Å². The summed E-state index contributed by atoms with van der Waals surface area (Å²) < 4.78 is 5.53. The second-order valence-electron chi connectivity index (χ2n) is 3.59. The quantitative estimate of drug-likeness (QED) is 0.610. The van der Waals surface area contributed by atoms with Crippen molar-refractivity contribution in [3.05, 3.63) is 29.3 Å². The topological polar surface area (TPSA) is 26.3 Å². The Hall–Kier alpha value is -0.830. The molecule has 0 aliphatic rings. The Balaban J connectivity index is 3.06. The number of ketones is 1. The summed E-state index contributed by atoms with van der Waals surface area (Å²) in [5, 5.41) is 0. The molecule has 0 amide bonds. The molecule has 0 radical (unpaired) electrons. The van der Waals surface area contributed by atoms with Gasteiger partial charge in [-0.1, -0.05) is 35.0 Å². The molecule has 0 aliphatic carbocycles. The fraction of sp³-hybridized carbons (Fsp3) is 0.462. The van der Waals surface area contributed by atoms with Crippen LogP contribution in [0.25, 0.3) is 0 Å². The molecule has 0 saturated heterocycles. The van der Waals surface area contributed by atoms with Gasteiger partial charge in [-0.05, 0) is 31.9 Å². The summed E-state index contributed by atoms with van der Waals surface area (Å²) in [5.41, 5.74) is 1.84. The molecule has 1 rings (SSSR count). The zero-order chi connectivity index (χ0) is 12.1. The van der Waals surface area contributed by atoms with Crippen molar-refractivity contribution >= 4 is 21.7 Å². The van der Waals surface area contributed by atoms with E-state index in [4.69, 9.17) is 4.74 Å². The van der Waals surface area contributed by atoms with E-state index >= 15 is 0 Å². The molecule has 16 heavy (non-hydrogen) atoms. The minimum Gasteiger partial charge on any atom is -0.494 e. The number of carbonyl (C=O) groups is 1. The van der Waals surface area contributed by atoms with E-state index in [-0.39, 0.29) is 10.6 Å². The minimum absolute atomic E-state index is 0.0867. The van der Waals surface area contributed by atoms with E-state index in [1.54, 1.807) is 0 Å². The number of aryl methyl sites for hydroxylation is 1. The number of hydrogen-bond donors (Lipinski definition) is 0. The first-order valence-electron chi connectivity index (χ1n) is 5.54. The normalized spacial score (nSPS) is 12.2. The maximum atomic E-state index is 11.8. The van der Waals surface area contributed by atoms with Gasteiger partial charge in [-0.2, -0.15) is 0 Å². The molecule has 1 atom stereocenters. The molecule has 2 nitrogen and oxygen atoms in total. The van der Waals surface area contributed by atoms with Crippen molar-refractivity contribution in [3.63, 3.8) is 0 Å². The minimum atomic E-state index is -0.158. The standard InChI is InChI=1S/C13H17BrO2/c1-4-10-6-7-11(13(15)9(3)14)8-12(10)16-5-2/h6-9H,4-5H2,1-3H3. The lowest BCUT2D eigenvalue weighted by Gasteiger charge is -2.11. The Bertz CT molecular complexity index is 372. The van der Waals surface area contributed by atoms with Crippen molar-refractivity contribution in [1.82, 2.24) is 0 Å². The summed E-state index contributed by atoms with van der Waals surface area (Å²) in [4.78, 5) is 11.6. The predicted molar refractivity (Wildman–Crippen MR) is 69.7 cm³/mol.